The van der Waals surface area contributed by atoms with Gasteiger partial charge in [-0.15, -0.1) is 0 Å². The van der Waals surface area contributed by atoms with Crippen molar-refractivity contribution in [1.29, 1.82) is 0 Å². The topological polar surface area (TPSA) is 116 Å². The molecule has 0 saturated carbocycles. The third kappa shape index (κ3) is 10.4. The Morgan fingerprint density at radius 3 is 2.33 bits per heavy atom. The summed E-state index contributed by atoms with van der Waals surface area (Å²) in [6.07, 6.45) is 13.3. The van der Waals surface area contributed by atoms with Gasteiger partial charge in [0.2, 0.25) is 0 Å². The van der Waals surface area contributed by atoms with Crippen molar-refractivity contribution in [2.24, 2.45) is 0 Å². The fourth-order valence-electron chi connectivity index (χ4n) is 4.22. The number of nitrogens with zero attached hydrogens (tertiary/aromatic N) is 3. The molecule has 0 unspecified atom stereocenters. The van der Waals surface area contributed by atoms with Gasteiger partial charge in [-0.05, 0) is 42.8 Å². The average Bonchev–Trinajstić information content (AvgIpc) is 3.74. The molecule has 0 atom stereocenters. The summed E-state index contributed by atoms with van der Waals surface area (Å²) in [5.74, 6) is -2.16. The van der Waals surface area contributed by atoms with Gasteiger partial charge in [-0.2, -0.15) is 13.9 Å². The number of furan rings is 1. The van der Waals surface area contributed by atoms with Gasteiger partial charge in [0.1, 0.15) is 17.3 Å². The van der Waals surface area contributed by atoms with E-state index < -0.39 is 11.9 Å². The van der Waals surface area contributed by atoms with Gasteiger partial charge in [0, 0.05) is 31.3 Å². The van der Waals surface area contributed by atoms with Crippen LogP contribution in [0.3, 0.4) is 0 Å². The third-order valence-electron chi connectivity index (χ3n) is 6.51. The number of methoxy groups -OCH3 is 1. The fourth-order valence-corrected chi connectivity index (χ4v) is 4.22. The van der Waals surface area contributed by atoms with E-state index in [-0.39, 0.29) is 17.2 Å². The zero-order valence-corrected chi connectivity index (χ0v) is 24.4. The number of alkyl halides is 2. The van der Waals surface area contributed by atoms with E-state index in [1.807, 2.05) is 12.3 Å². The molecule has 4 aromatic rings. The van der Waals surface area contributed by atoms with Crippen LogP contribution in [0.5, 0.6) is 5.75 Å². The van der Waals surface area contributed by atoms with E-state index in [1.54, 1.807) is 42.1 Å². The summed E-state index contributed by atoms with van der Waals surface area (Å²) in [6.45, 7) is 4.31. The Kier molecular flexibility index (Phi) is 12.6. The molecule has 0 aliphatic carbocycles. The highest BCUT2D eigenvalue weighted by atomic mass is 19.3. The lowest BCUT2D eigenvalue weighted by atomic mass is 10.1. The van der Waals surface area contributed by atoms with Gasteiger partial charge < -0.3 is 24.0 Å². The lowest BCUT2D eigenvalue weighted by Gasteiger charge is -2.05. The van der Waals surface area contributed by atoms with Crippen molar-refractivity contribution in [1.82, 2.24) is 14.8 Å². The highest BCUT2D eigenvalue weighted by Gasteiger charge is 2.28. The maximum atomic E-state index is 13.2. The molecule has 0 bridgehead atoms. The molecule has 228 valence electrons. The summed E-state index contributed by atoms with van der Waals surface area (Å²) in [4.78, 5) is 14.5. The van der Waals surface area contributed by atoms with Crippen molar-refractivity contribution in [3.8, 4) is 17.1 Å². The summed E-state index contributed by atoms with van der Waals surface area (Å²) in [5, 5.41) is 16.6. The van der Waals surface area contributed by atoms with Crippen LogP contribution in [-0.2, 0) is 12.5 Å². The van der Waals surface area contributed by atoms with Crippen LogP contribution in [0.2, 0.25) is 0 Å². The van der Waals surface area contributed by atoms with E-state index in [9.17, 15) is 13.6 Å². The number of rotatable bonds is 16. The number of unbranched alkanes of at least 4 members (excludes halogenated alkanes) is 7. The van der Waals surface area contributed by atoms with Crippen molar-refractivity contribution < 1.29 is 32.3 Å². The Labute approximate surface area is 244 Å². The minimum atomic E-state index is -2.95. The van der Waals surface area contributed by atoms with Gasteiger partial charge in [-0.3, -0.25) is 4.68 Å². The number of hydrogen-bond donors (Lipinski definition) is 2. The first-order chi connectivity index (χ1) is 20.2. The molecule has 11 heteroatoms. The normalized spacial score (nSPS) is 11.2. The van der Waals surface area contributed by atoms with Crippen LogP contribution in [0.1, 0.15) is 87.2 Å². The quantitative estimate of drug-likeness (QED) is 0.126. The van der Waals surface area contributed by atoms with Gasteiger partial charge in [-0.25, -0.2) is 9.78 Å². The maximum Gasteiger partial charge on any atom is 0.358 e. The average molecular weight is 587 g/mol. The van der Waals surface area contributed by atoms with Crippen LogP contribution in [0.15, 0.2) is 63.9 Å². The third-order valence-corrected chi connectivity index (χ3v) is 6.51. The summed E-state index contributed by atoms with van der Waals surface area (Å²) in [7, 11) is 1.56. The fraction of sp³-hybridized carbons (Fsp3) is 0.452. The molecule has 0 aliphatic rings. The molecular weight excluding hydrogens is 546 g/mol. The predicted molar refractivity (Wildman–Crippen MR) is 156 cm³/mol. The van der Waals surface area contributed by atoms with Crippen molar-refractivity contribution in [3.05, 3.63) is 72.3 Å². The molecule has 9 nitrogen and oxygen atoms in total. The summed E-state index contributed by atoms with van der Waals surface area (Å²) in [6, 6.07) is 11.7. The minimum absolute atomic E-state index is 0.0924. The van der Waals surface area contributed by atoms with E-state index in [0.29, 0.717) is 23.6 Å². The molecular formula is C31H40F2N4O5. The molecule has 4 rings (SSSR count). The van der Waals surface area contributed by atoms with Crippen LogP contribution in [0.25, 0.3) is 11.3 Å². The summed E-state index contributed by atoms with van der Waals surface area (Å²) >= 11 is 0. The number of carboxylic acid groups (broad SMARTS) is 1. The van der Waals surface area contributed by atoms with Crippen molar-refractivity contribution in [2.75, 3.05) is 19.0 Å². The Bertz CT molecular complexity index is 1340. The number of anilines is 1. The molecule has 0 spiro atoms. The van der Waals surface area contributed by atoms with Gasteiger partial charge >= 0.3 is 11.9 Å². The molecule has 0 amide bonds. The molecule has 0 fully saturated rings. The van der Waals surface area contributed by atoms with Crippen LogP contribution in [-0.4, -0.2) is 39.5 Å². The Morgan fingerprint density at radius 2 is 1.71 bits per heavy atom. The van der Waals surface area contributed by atoms with E-state index >= 15 is 0 Å². The van der Waals surface area contributed by atoms with Crippen LogP contribution >= 0.6 is 0 Å². The van der Waals surface area contributed by atoms with Gasteiger partial charge in [0.25, 0.3) is 0 Å². The van der Waals surface area contributed by atoms with Gasteiger partial charge in [-0.1, -0.05) is 51.9 Å². The molecule has 3 heterocycles. The molecule has 0 radical (unpaired) electrons. The van der Waals surface area contributed by atoms with Crippen molar-refractivity contribution in [2.45, 2.75) is 77.7 Å². The first-order valence-corrected chi connectivity index (χ1v) is 14.3. The van der Waals surface area contributed by atoms with Gasteiger partial charge in [0.05, 0.1) is 13.7 Å². The predicted octanol–water partition coefficient (Wildman–Crippen LogP) is 8.24. The second-order valence-corrected chi connectivity index (χ2v) is 10.0. The number of halogens is 2. The highest BCUT2D eigenvalue weighted by Crippen LogP contribution is 2.29. The SMILES string of the molecule is CCCCCCCCCCNc1ccn(Cc2ccc(C(C)(F)F)o2)n1.COc1ccc(-c2ocnc2C(=O)O)cc1. The zero-order chi connectivity index (χ0) is 30.4. The standard InChI is InChI=1S/C20H31F2N3O.C11H9NO4/c1-3-4-5-6-7-8-9-10-14-23-19-13-15-25(24-19)16-17-11-12-18(26-17)20(2,21)22;1-15-8-4-2-7(3-5-8)10-9(11(13)14)12-6-16-10/h11-13,15H,3-10,14,16H2,1-2H3,(H,23,24);2-6H,1H3,(H,13,14). The number of aromatic nitrogens is 3. The smallest absolute Gasteiger partial charge is 0.358 e. The van der Waals surface area contributed by atoms with E-state index in [0.717, 1.165) is 32.1 Å². The Morgan fingerprint density at radius 1 is 1.02 bits per heavy atom. The molecule has 0 saturated heterocycles. The number of benzene rings is 1. The van der Waals surface area contributed by atoms with E-state index in [2.05, 4.69) is 22.3 Å². The lowest BCUT2D eigenvalue weighted by molar-refractivity contribution is -0.00636. The largest absolute Gasteiger partial charge is 0.497 e. The molecule has 1 aromatic carbocycles. The number of ether oxygens (including phenoxy) is 1. The Balaban J connectivity index is 0.000000258. The second kappa shape index (κ2) is 16.3. The lowest BCUT2D eigenvalue weighted by Crippen LogP contribution is -2.05. The number of hydrogen-bond acceptors (Lipinski definition) is 7. The first-order valence-electron chi connectivity index (χ1n) is 14.3. The van der Waals surface area contributed by atoms with Crippen LogP contribution in [0.4, 0.5) is 14.6 Å². The number of oxazole rings is 1. The number of aromatic carboxylic acids is 1. The van der Waals surface area contributed by atoms with Crippen molar-refractivity contribution in [3.63, 3.8) is 0 Å². The first kappa shape index (κ1) is 32.4. The van der Waals surface area contributed by atoms with Crippen LogP contribution in [0, 0.1) is 0 Å². The summed E-state index contributed by atoms with van der Waals surface area (Å²) < 4.78 is 43.3. The number of carbonyl (C=O) groups is 1. The Hall–Kier alpha value is -4.15. The zero-order valence-electron chi connectivity index (χ0n) is 24.4. The molecule has 3 aromatic heterocycles. The van der Waals surface area contributed by atoms with Crippen LogP contribution < -0.4 is 10.1 Å². The number of nitrogens with one attached hydrogen (secondary N) is 1. The van der Waals surface area contributed by atoms with Crippen molar-refractivity contribution >= 4 is 11.8 Å². The molecule has 42 heavy (non-hydrogen) atoms. The monoisotopic (exact) mass is 586 g/mol. The van der Waals surface area contributed by atoms with E-state index in [1.165, 1.54) is 51.0 Å². The maximum absolute atomic E-state index is 13.2. The number of carboxylic acids is 1. The second-order valence-electron chi connectivity index (χ2n) is 10.0. The summed E-state index contributed by atoms with van der Waals surface area (Å²) in [5.41, 5.74) is 0.556. The van der Waals surface area contributed by atoms with E-state index in [4.69, 9.17) is 18.7 Å². The minimum Gasteiger partial charge on any atom is -0.497 e. The molecule has 2 N–H and O–H groups in total. The molecule has 0 aliphatic heterocycles. The highest BCUT2D eigenvalue weighted by molar-refractivity contribution is 5.92. The van der Waals surface area contributed by atoms with Gasteiger partial charge in [0.15, 0.2) is 23.6 Å².